The van der Waals surface area contributed by atoms with Gasteiger partial charge in [0.1, 0.15) is 5.00 Å². The summed E-state index contributed by atoms with van der Waals surface area (Å²) < 4.78 is 7.68. The Kier molecular flexibility index (Phi) is 5.55. The second kappa shape index (κ2) is 8.07. The average Bonchev–Trinajstić information content (AvgIpc) is 3.27. The second-order valence-electron chi connectivity index (χ2n) is 7.38. The van der Waals surface area contributed by atoms with Gasteiger partial charge in [0.25, 0.3) is 0 Å². The Hall–Kier alpha value is -1.79. The summed E-state index contributed by atoms with van der Waals surface area (Å²) in [7, 11) is 0. The number of carbonyl (C=O) groups excluding carboxylic acids is 1. The molecule has 0 aromatic carbocycles. The highest BCUT2D eigenvalue weighted by Gasteiger charge is 2.32. The lowest BCUT2D eigenvalue weighted by atomic mass is 9.95. The van der Waals surface area contributed by atoms with E-state index in [4.69, 9.17) is 4.74 Å². The number of hydrogen-bond donors (Lipinski definition) is 1. The van der Waals surface area contributed by atoms with E-state index in [1.54, 1.807) is 0 Å². The molecule has 2 aromatic heterocycles. The van der Waals surface area contributed by atoms with Crippen molar-refractivity contribution >= 4 is 17.4 Å². The second-order valence-corrected chi connectivity index (χ2v) is 8.47. The van der Waals surface area contributed by atoms with Crippen LogP contribution in [0.2, 0.25) is 0 Å². The summed E-state index contributed by atoms with van der Waals surface area (Å²) in [4.78, 5) is 16.5. The maximum Gasteiger partial charge on any atom is 0.318 e. The maximum atomic E-state index is 13.0. The average molecular weight is 388 g/mol. The SMILES string of the molecule is CCOCCCNC(=O)N1Cc2c(sc3c2CCCC3)-n2cccc2[C@@H]1C. The molecule has 1 N–H and O–H groups in total. The van der Waals surface area contributed by atoms with Gasteiger partial charge in [-0.15, -0.1) is 11.3 Å². The smallest absolute Gasteiger partial charge is 0.318 e. The van der Waals surface area contributed by atoms with Gasteiger partial charge in [-0.05, 0) is 63.6 Å². The fourth-order valence-corrected chi connectivity index (χ4v) is 5.63. The minimum atomic E-state index is 0.0235. The number of aromatic nitrogens is 1. The van der Waals surface area contributed by atoms with Crippen molar-refractivity contribution in [1.29, 1.82) is 0 Å². The largest absolute Gasteiger partial charge is 0.382 e. The van der Waals surface area contributed by atoms with E-state index in [9.17, 15) is 4.79 Å². The third kappa shape index (κ3) is 3.52. The van der Waals surface area contributed by atoms with Crippen molar-refractivity contribution < 1.29 is 9.53 Å². The fraction of sp³-hybridized carbons (Fsp3) is 0.571. The van der Waals surface area contributed by atoms with Gasteiger partial charge in [-0.25, -0.2) is 4.79 Å². The normalized spacial score (nSPS) is 18.4. The lowest BCUT2D eigenvalue weighted by Crippen LogP contribution is -2.41. The predicted molar refractivity (Wildman–Crippen MR) is 109 cm³/mol. The van der Waals surface area contributed by atoms with Crippen molar-refractivity contribution in [2.24, 2.45) is 0 Å². The van der Waals surface area contributed by atoms with E-state index in [0.717, 1.165) is 19.4 Å². The number of hydrogen-bond acceptors (Lipinski definition) is 3. The van der Waals surface area contributed by atoms with Crippen LogP contribution in [0.15, 0.2) is 18.3 Å². The van der Waals surface area contributed by atoms with Gasteiger partial charge >= 0.3 is 6.03 Å². The number of aryl methyl sites for hydroxylation is 1. The molecular weight excluding hydrogens is 358 g/mol. The first-order valence-electron chi connectivity index (χ1n) is 10.1. The maximum absolute atomic E-state index is 13.0. The van der Waals surface area contributed by atoms with Crippen LogP contribution >= 0.6 is 11.3 Å². The molecule has 3 heterocycles. The zero-order chi connectivity index (χ0) is 18.8. The molecule has 0 unspecified atom stereocenters. The number of urea groups is 1. The standard InChI is InChI=1S/C21H29N3O2S/c1-3-26-13-7-11-22-21(25)24-14-17-16-8-4-5-10-19(16)27-20(17)23-12-6-9-18(23)15(24)2/h6,9,12,15H,3-5,7-8,10-11,13-14H2,1-2H3,(H,22,25)/t15-/m0/s1. The third-order valence-electron chi connectivity index (χ3n) is 5.69. The van der Waals surface area contributed by atoms with Crippen molar-refractivity contribution in [2.75, 3.05) is 19.8 Å². The highest BCUT2D eigenvalue weighted by atomic mass is 32.1. The molecular formula is C21H29N3O2S. The van der Waals surface area contributed by atoms with Gasteiger partial charge in [0.05, 0.1) is 12.6 Å². The van der Waals surface area contributed by atoms with E-state index in [2.05, 4.69) is 35.1 Å². The molecule has 6 heteroatoms. The molecule has 27 heavy (non-hydrogen) atoms. The van der Waals surface area contributed by atoms with Crippen molar-refractivity contribution in [3.8, 4) is 5.00 Å². The molecule has 2 aromatic rings. The van der Waals surface area contributed by atoms with Crippen LogP contribution < -0.4 is 5.32 Å². The van der Waals surface area contributed by atoms with Crippen LogP contribution in [0, 0.1) is 0 Å². The van der Waals surface area contributed by atoms with Crippen LogP contribution in [0.3, 0.4) is 0 Å². The molecule has 5 nitrogen and oxygen atoms in total. The third-order valence-corrected chi connectivity index (χ3v) is 7.02. The molecule has 1 aliphatic heterocycles. The molecule has 4 rings (SSSR count). The molecule has 0 fully saturated rings. The molecule has 0 saturated heterocycles. The van der Waals surface area contributed by atoms with Crippen molar-refractivity contribution in [3.05, 3.63) is 40.0 Å². The molecule has 0 spiro atoms. The Balaban J connectivity index is 1.59. The van der Waals surface area contributed by atoms with E-state index < -0.39 is 0 Å². The molecule has 1 atom stereocenters. The van der Waals surface area contributed by atoms with E-state index in [1.807, 2.05) is 23.2 Å². The van der Waals surface area contributed by atoms with Gasteiger partial charge in [-0.2, -0.15) is 0 Å². The van der Waals surface area contributed by atoms with E-state index in [0.29, 0.717) is 19.7 Å². The topological polar surface area (TPSA) is 46.5 Å². The molecule has 0 bridgehead atoms. The number of nitrogens with zero attached hydrogens (tertiary/aromatic N) is 2. The van der Waals surface area contributed by atoms with Gasteiger partial charge in [-0.1, -0.05) is 0 Å². The van der Waals surface area contributed by atoms with Crippen molar-refractivity contribution in [2.45, 2.75) is 58.5 Å². The Morgan fingerprint density at radius 1 is 1.33 bits per heavy atom. The Bertz CT molecular complexity index is 810. The van der Waals surface area contributed by atoms with Gasteiger partial charge < -0.3 is 19.5 Å². The number of nitrogens with one attached hydrogen (secondary N) is 1. The van der Waals surface area contributed by atoms with Crippen LogP contribution in [0.5, 0.6) is 0 Å². The summed E-state index contributed by atoms with van der Waals surface area (Å²) in [6, 6.07) is 4.31. The molecule has 2 aliphatic rings. The highest BCUT2D eigenvalue weighted by Crippen LogP contribution is 2.42. The Morgan fingerprint density at radius 3 is 3.04 bits per heavy atom. The van der Waals surface area contributed by atoms with Gasteiger partial charge in [-0.3, -0.25) is 0 Å². The van der Waals surface area contributed by atoms with Crippen LogP contribution in [0.1, 0.15) is 60.8 Å². The summed E-state index contributed by atoms with van der Waals surface area (Å²) in [6.45, 7) is 6.89. The first kappa shape index (κ1) is 18.6. The molecule has 1 aliphatic carbocycles. The fourth-order valence-electron chi connectivity index (χ4n) is 4.22. The summed E-state index contributed by atoms with van der Waals surface area (Å²) >= 11 is 1.93. The molecule has 2 amide bonds. The number of rotatable bonds is 5. The van der Waals surface area contributed by atoms with Gasteiger partial charge in [0.15, 0.2) is 0 Å². The van der Waals surface area contributed by atoms with Crippen LogP contribution in [-0.2, 0) is 24.1 Å². The van der Waals surface area contributed by atoms with Crippen molar-refractivity contribution in [1.82, 2.24) is 14.8 Å². The summed E-state index contributed by atoms with van der Waals surface area (Å²) in [5, 5.41) is 4.42. The molecule has 0 radical (unpaired) electrons. The predicted octanol–water partition coefficient (Wildman–Crippen LogP) is 4.43. The van der Waals surface area contributed by atoms with Crippen LogP contribution in [-0.4, -0.2) is 35.3 Å². The van der Waals surface area contributed by atoms with E-state index in [-0.39, 0.29) is 12.1 Å². The minimum Gasteiger partial charge on any atom is -0.382 e. The molecule has 0 saturated carbocycles. The van der Waals surface area contributed by atoms with E-state index in [1.165, 1.54) is 46.0 Å². The lowest BCUT2D eigenvalue weighted by Gasteiger charge is -2.28. The lowest BCUT2D eigenvalue weighted by molar-refractivity contribution is 0.142. The quantitative estimate of drug-likeness (QED) is 0.772. The monoisotopic (exact) mass is 387 g/mol. The summed E-state index contributed by atoms with van der Waals surface area (Å²) in [5.41, 5.74) is 4.06. The van der Waals surface area contributed by atoms with Crippen molar-refractivity contribution in [3.63, 3.8) is 0 Å². The number of ether oxygens (including phenoxy) is 1. The zero-order valence-electron chi connectivity index (χ0n) is 16.3. The van der Waals surface area contributed by atoms with Gasteiger partial charge in [0.2, 0.25) is 0 Å². The molecule has 146 valence electrons. The zero-order valence-corrected chi connectivity index (χ0v) is 17.1. The number of thiophene rings is 1. The van der Waals surface area contributed by atoms with E-state index >= 15 is 0 Å². The first-order valence-corrected chi connectivity index (χ1v) is 11.0. The Labute approximate surface area is 165 Å². The number of fused-ring (bicyclic) bond motifs is 5. The van der Waals surface area contributed by atoms with Gasteiger partial charge in [0, 0.05) is 42.1 Å². The summed E-state index contributed by atoms with van der Waals surface area (Å²) in [6.07, 6.45) is 7.87. The first-order chi connectivity index (χ1) is 13.2. The summed E-state index contributed by atoms with van der Waals surface area (Å²) in [5.74, 6) is 0. The highest BCUT2D eigenvalue weighted by molar-refractivity contribution is 7.15. The number of carbonyl (C=O) groups is 1. The minimum absolute atomic E-state index is 0.0235. The Morgan fingerprint density at radius 2 is 2.19 bits per heavy atom. The van der Waals surface area contributed by atoms with Crippen LogP contribution in [0.4, 0.5) is 4.79 Å². The number of amides is 2. The van der Waals surface area contributed by atoms with Crippen LogP contribution in [0.25, 0.3) is 5.00 Å².